The Morgan fingerprint density at radius 1 is 1.04 bits per heavy atom. The quantitative estimate of drug-likeness (QED) is 0.126. The highest BCUT2D eigenvalue weighted by Gasteiger charge is 2.33. The Morgan fingerprint density at radius 3 is 2.41 bits per heavy atom. The van der Waals surface area contributed by atoms with Gasteiger partial charge in [0.25, 0.3) is 0 Å². The molecule has 46 heavy (non-hydrogen) atoms. The number of alkyl carbamates (subject to hydrolysis) is 1. The molecular formula is C35H46F2N3O5Si. The van der Waals surface area contributed by atoms with E-state index in [1.54, 1.807) is 4.90 Å². The second-order valence-corrected chi connectivity index (χ2v) is 15.8. The van der Waals surface area contributed by atoms with Gasteiger partial charge in [-0.1, -0.05) is 64.2 Å². The number of carbonyl (C=O) groups is 3. The van der Waals surface area contributed by atoms with Crippen molar-refractivity contribution < 1.29 is 33.0 Å². The number of carbonyl (C=O) groups excluding carboxylic acids is 2. The third-order valence-corrected chi connectivity index (χ3v) is 8.99. The maximum atomic E-state index is 14.9. The average Bonchev–Trinajstić information content (AvgIpc) is 3.39. The maximum Gasteiger partial charge on any atom is 0.407 e. The topological polar surface area (TPSA) is 101 Å². The number of ether oxygens (including phenoxy) is 1. The SMILES string of the molecule is C[Si](C)CCOC(=O)NCCCN(C[C@@H](c1cc(-c2cc(F)ccc2F)cn1Cc1ccccc1)C(C)(C)C)C(=O)CCC(=O)O. The van der Waals surface area contributed by atoms with Gasteiger partial charge in [-0.3, -0.25) is 9.59 Å². The van der Waals surface area contributed by atoms with Gasteiger partial charge in [-0.2, -0.15) is 0 Å². The first-order valence-corrected chi connectivity index (χ1v) is 18.3. The van der Waals surface area contributed by atoms with Crippen molar-refractivity contribution in [2.24, 2.45) is 5.41 Å². The zero-order valence-electron chi connectivity index (χ0n) is 27.4. The molecule has 8 nitrogen and oxygen atoms in total. The van der Waals surface area contributed by atoms with Crippen molar-refractivity contribution in [1.29, 1.82) is 0 Å². The van der Waals surface area contributed by atoms with Crippen molar-refractivity contribution in [1.82, 2.24) is 14.8 Å². The van der Waals surface area contributed by atoms with Gasteiger partial charge in [0.1, 0.15) is 11.6 Å². The molecule has 0 aliphatic carbocycles. The molecule has 1 heterocycles. The minimum atomic E-state index is -1.06. The molecule has 0 unspecified atom stereocenters. The van der Waals surface area contributed by atoms with Gasteiger partial charge in [-0.05, 0) is 47.7 Å². The van der Waals surface area contributed by atoms with E-state index in [9.17, 15) is 28.3 Å². The summed E-state index contributed by atoms with van der Waals surface area (Å²) in [6.07, 6.45) is 1.28. The van der Waals surface area contributed by atoms with Crippen molar-refractivity contribution in [3.05, 3.63) is 83.7 Å². The van der Waals surface area contributed by atoms with E-state index in [1.807, 2.05) is 47.2 Å². The number of nitrogens with one attached hydrogen (secondary N) is 1. The number of aliphatic carboxylic acids is 1. The van der Waals surface area contributed by atoms with Crippen LogP contribution in [0.4, 0.5) is 13.6 Å². The van der Waals surface area contributed by atoms with E-state index >= 15 is 0 Å². The molecule has 0 spiro atoms. The van der Waals surface area contributed by atoms with Gasteiger partial charge in [-0.15, -0.1) is 0 Å². The molecule has 3 aromatic rings. The molecule has 0 saturated heterocycles. The van der Waals surface area contributed by atoms with Crippen LogP contribution in [0.2, 0.25) is 19.1 Å². The first-order chi connectivity index (χ1) is 21.7. The number of amides is 2. The predicted molar refractivity (Wildman–Crippen MR) is 177 cm³/mol. The first kappa shape index (κ1) is 36.5. The third-order valence-electron chi connectivity index (χ3n) is 7.79. The van der Waals surface area contributed by atoms with Gasteiger partial charge in [0.2, 0.25) is 5.91 Å². The van der Waals surface area contributed by atoms with Gasteiger partial charge >= 0.3 is 12.1 Å². The van der Waals surface area contributed by atoms with Crippen molar-refractivity contribution in [3.63, 3.8) is 0 Å². The van der Waals surface area contributed by atoms with Crippen LogP contribution < -0.4 is 5.32 Å². The molecule has 3 rings (SSSR count). The highest BCUT2D eigenvalue weighted by atomic mass is 28.3. The fraction of sp³-hybridized carbons (Fsp3) is 0.457. The third kappa shape index (κ3) is 11.4. The summed E-state index contributed by atoms with van der Waals surface area (Å²) in [6, 6.07) is 15.9. The number of hydrogen-bond donors (Lipinski definition) is 2. The zero-order valence-corrected chi connectivity index (χ0v) is 28.4. The number of rotatable bonds is 16. The average molecular weight is 655 g/mol. The molecule has 0 saturated carbocycles. The number of aromatic nitrogens is 1. The summed E-state index contributed by atoms with van der Waals surface area (Å²) >= 11 is 0. The van der Waals surface area contributed by atoms with Crippen LogP contribution in [0.15, 0.2) is 60.8 Å². The Morgan fingerprint density at radius 2 is 1.76 bits per heavy atom. The number of carboxylic acids is 1. The van der Waals surface area contributed by atoms with Crippen LogP contribution in [0, 0.1) is 17.0 Å². The van der Waals surface area contributed by atoms with Crippen LogP contribution in [0.25, 0.3) is 11.1 Å². The Hall–Kier alpha value is -3.99. The molecule has 11 heteroatoms. The van der Waals surface area contributed by atoms with E-state index < -0.39 is 37.9 Å². The van der Waals surface area contributed by atoms with E-state index in [4.69, 9.17) is 4.74 Å². The van der Waals surface area contributed by atoms with E-state index in [0.717, 1.165) is 29.4 Å². The lowest BCUT2D eigenvalue weighted by Gasteiger charge is -2.36. The molecular weight excluding hydrogens is 608 g/mol. The number of carboxylic acid groups (broad SMARTS) is 1. The molecule has 0 bridgehead atoms. The molecule has 1 radical (unpaired) electrons. The number of halogens is 2. The molecule has 0 fully saturated rings. The summed E-state index contributed by atoms with van der Waals surface area (Å²) in [7, 11) is -0.500. The summed E-state index contributed by atoms with van der Waals surface area (Å²) in [5.74, 6) is -2.73. The molecule has 1 aromatic heterocycles. The van der Waals surface area contributed by atoms with E-state index in [2.05, 4.69) is 39.2 Å². The van der Waals surface area contributed by atoms with Gasteiger partial charge in [0.05, 0.1) is 13.0 Å². The maximum absolute atomic E-state index is 14.9. The van der Waals surface area contributed by atoms with Crippen LogP contribution in [0.5, 0.6) is 0 Å². The Labute approximate surface area is 272 Å². The van der Waals surface area contributed by atoms with Crippen LogP contribution in [0.3, 0.4) is 0 Å². The summed E-state index contributed by atoms with van der Waals surface area (Å²) in [4.78, 5) is 38.5. The highest BCUT2D eigenvalue weighted by Crippen LogP contribution is 2.39. The van der Waals surface area contributed by atoms with E-state index in [1.165, 1.54) is 6.07 Å². The Bertz CT molecular complexity index is 1460. The second-order valence-electron chi connectivity index (χ2n) is 12.9. The molecule has 2 aromatic carbocycles. The lowest BCUT2D eigenvalue weighted by Crippen LogP contribution is -2.40. The summed E-state index contributed by atoms with van der Waals surface area (Å²) < 4.78 is 36.4. The monoisotopic (exact) mass is 654 g/mol. The number of benzene rings is 2. The largest absolute Gasteiger partial charge is 0.481 e. The predicted octanol–water partition coefficient (Wildman–Crippen LogP) is 7.18. The summed E-state index contributed by atoms with van der Waals surface area (Å²) in [5, 5.41) is 12.0. The molecule has 2 N–H and O–H groups in total. The van der Waals surface area contributed by atoms with Crippen LogP contribution in [0.1, 0.15) is 57.2 Å². The van der Waals surface area contributed by atoms with Gasteiger partial charge < -0.3 is 24.6 Å². The van der Waals surface area contributed by atoms with Crippen molar-refractivity contribution in [3.8, 4) is 11.1 Å². The molecule has 0 aliphatic rings. The molecule has 0 aliphatic heterocycles. The lowest BCUT2D eigenvalue weighted by atomic mass is 9.78. The zero-order chi connectivity index (χ0) is 33.9. The van der Waals surface area contributed by atoms with E-state index in [-0.39, 0.29) is 49.9 Å². The minimum Gasteiger partial charge on any atom is -0.481 e. The normalized spacial score (nSPS) is 12.2. The summed E-state index contributed by atoms with van der Waals surface area (Å²) in [5.41, 5.74) is 2.11. The van der Waals surface area contributed by atoms with Gasteiger partial charge in [0, 0.05) is 70.3 Å². The van der Waals surface area contributed by atoms with Crippen molar-refractivity contribution in [2.75, 3.05) is 26.2 Å². The molecule has 249 valence electrons. The highest BCUT2D eigenvalue weighted by molar-refractivity contribution is 6.55. The minimum absolute atomic E-state index is 0.142. The Kier molecular flexibility index (Phi) is 13.5. The first-order valence-electron chi connectivity index (χ1n) is 15.6. The van der Waals surface area contributed by atoms with Crippen LogP contribution in [-0.2, 0) is 20.9 Å². The van der Waals surface area contributed by atoms with Gasteiger partial charge in [0.15, 0.2) is 0 Å². The fourth-order valence-electron chi connectivity index (χ4n) is 5.19. The fourth-order valence-corrected chi connectivity index (χ4v) is 5.70. The van der Waals surface area contributed by atoms with E-state index in [0.29, 0.717) is 25.1 Å². The van der Waals surface area contributed by atoms with Crippen LogP contribution >= 0.6 is 0 Å². The standard InChI is InChI=1S/C35H46F2N3O5Si/c1-35(2,3)29(24-39(32(41)14-15-33(42)43)17-9-16-38-34(44)45-18-19-46(4)5)31-20-26(28-21-27(36)12-13-30(28)37)23-40(31)22-25-10-7-6-8-11-25/h6-8,10-13,20-21,23,29H,9,14-19,22,24H2,1-5H3,(H,38,44)(H,42,43)/t29-/m0/s1. The molecule has 2 amide bonds. The second kappa shape index (κ2) is 17.1. The Balaban J connectivity index is 1.92. The van der Waals surface area contributed by atoms with Crippen LogP contribution in [-0.4, -0.2) is 67.6 Å². The number of nitrogens with zero attached hydrogens (tertiary/aromatic N) is 2. The van der Waals surface area contributed by atoms with Crippen molar-refractivity contribution in [2.45, 2.75) is 71.6 Å². The number of hydrogen-bond acceptors (Lipinski definition) is 4. The molecule has 1 atom stereocenters. The van der Waals surface area contributed by atoms with Crippen molar-refractivity contribution >= 4 is 26.8 Å². The smallest absolute Gasteiger partial charge is 0.407 e. The lowest BCUT2D eigenvalue weighted by molar-refractivity contribution is -0.141. The van der Waals surface area contributed by atoms with Gasteiger partial charge in [-0.25, -0.2) is 13.6 Å². The summed E-state index contributed by atoms with van der Waals surface area (Å²) in [6.45, 7) is 12.1.